The molecule has 5 nitrogen and oxygen atoms in total. The first-order chi connectivity index (χ1) is 10.9. The van der Waals surface area contributed by atoms with E-state index in [1.54, 1.807) is 18.3 Å². The number of likely N-dealkylation sites (tertiary alicyclic amines) is 1. The van der Waals surface area contributed by atoms with Crippen LogP contribution >= 0.6 is 8.16 Å². The Morgan fingerprint density at radius 1 is 1.08 bits per heavy atom. The second-order valence-corrected chi connectivity index (χ2v) is 6.77. The summed E-state index contributed by atoms with van der Waals surface area (Å²) in [6.07, 6.45) is 5.13. The Morgan fingerprint density at radius 3 is 2.04 bits per heavy atom. The molecule has 0 aromatic carbocycles. The van der Waals surface area contributed by atoms with Crippen molar-refractivity contribution in [2.45, 2.75) is 25.6 Å². The Bertz CT molecular complexity index is 556. The van der Waals surface area contributed by atoms with Crippen LogP contribution in [0.5, 0.6) is 0 Å². The summed E-state index contributed by atoms with van der Waals surface area (Å²) in [7, 11) is -4.62. The fourth-order valence-corrected chi connectivity index (χ4v) is 2.23. The van der Waals surface area contributed by atoms with Crippen molar-refractivity contribution in [2.75, 3.05) is 27.2 Å². The molecule has 1 aliphatic rings. The molecule has 1 aliphatic heterocycles. The van der Waals surface area contributed by atoms with Gasteiger partial charge in [-0.25, -0.2) is 0 Å². The van der Waals surface area contributed by atoms with Gasteiger partial charge >= 0.3 is 29.1 Å². The van der Waals surface area contributed by atoms with Gasteiger partial charge in [-0.1, -0.05) is 12.5 Å². The van der Waals surface area contributed by atoms with E-state index in [9.17, 15) is 25.8 Å². The van der Waals surface area contributed by atoms with Crippen molar-refractivity contribution in [1.82, 2.24) is 14.5 Å². The van der Waals surface area contributed by atoms with E-state index in [1.165, 1.54) is 30.1 Å². The fourth-order valence-electron chi connectivity index (χ4n) is 2.23. The van der Waals surface area contributed by atoms with Gasteiger partial charge in [0, 0.05) is 25.4 Å². The van der Waals surface area contributed by atoms with Crippen LogP contribution in [0.1, 0.15) is 19.3 Å². The minimum Gasteiger partial charge on any atom is -1.00 e. The second kappa shape index (κ2) is 9.40. The maximum absolute atomic E-state index is 11.7. The van der Waals surface area contributed by atoms with Crippen molar-refractivity contribution in [3.63, 3.8) is 0 Å². The molecule has 0 N–H and O–H groups in total. The maximum Gasteiger partial charge on any atom is -1.00 e. The SMILES string of the molecule is CN(C)C(On1ccccc1=O)N1CCCCC1.FP(F)(F)(F)F.[F-]. The molecule has 1 fully saturated rings. The predicted octanol–water partition coefficient (Wildman–Crippen LogP) is 0.574. The molecule has 2 heterocycles. The molecule has 0 aliphatic carbocycles. The Hall–Kier alpha value is -1.32. The van der Waals surface area contributed by atoms with Gasteiger partial charge < -0.3 is 9.54 Å². The standard InChI is InChI=1S/C13H21N3O2.F5P.FH/c1-14(2)13(15-9-5-3-6-10-15)18-16-11-7-4-8-12(16)17;1-6(2,3,4)5;/h4,7-8,11,13H,3,5-6,9-10H2,1-2H3;;1H/p-1. The average Bonchev–Trinajstić information content (AvgIpc) is 2.44. The van der Waals surface area contributed by atoms with Crippen molar-refractivity contribution < 1.29 is 30.5 Å². The smallest absolute Gasteiger partial charge is 1.00 e. The molecule has 25 heavy (non-hydrogen) atoms. The zero-order valence-corrected chi connectivity index (χ0v) is 14.7. The van der Waals surface area contributed by atoms with Crippen LogP contribution in [-0.4, -0.2) is 48.1 Å². The molecular weight excluding hydrogens is 375 g/mol. The summed E-state index contributed by atoms with van der Waals surface area (Å²) in [5, 5.41) is 0. The van der Waals surface area contributed by atoms with E-state index in [0.717, 1.165) is 13.1 Å². The van der Waals surface area contributed by atoms with Crippen LogP contribution < -0.4 is 15.1 Å². The molecule has 2 rings (SSSR count). The molecule has 1 atom stereocenters. The molecule has 1 aromatic heterocycles. The number of piperidine rings is 1. The number of nitrogens with zero attached hydrogens (tertiary/aromatic N) is 3. The number of aromatic nitrogens is 1. The van der Waals surface area contributed by atoms with Crippen molar-refractivity contribution in [3.8, 4) is 0 Å². The molecule has 0 bridgehead atoms. The Labute approximate surface area is 141 Å². The second-order valence-electron chi connectivity index (χ2n) is 5.50. The van der Waals surface area contributed by atoms with E-state index >= 15 is 0 Å². The summed E-state index contributed by atoms with van der Waals surface area (Å²) in [6.45, 7) is 2.04. The summed E-state index contributed by atoms with van der Waals surface area (Å²) in [5.74, 6) is 0. The van der Waals surface area contributed by atoms with Gasteiger partial charge in [-0.2, -0.15) is 0 Å². The van der Waals surface area contributed by atoms with Crippen molar-refractivity contribution in [2.24, 2.45) is 0 Å². The van der Waals surface area contributed by atoms with Crippen LogP contribution in [0.25, 0.3) is 0 Å². The summed E-state index contributed by atoms with van der Waals surface area (Å²) in [6, 6.07) is 5.01. The molecular formula is C13H21F6N3O2P-. The van der Waals surface area contributed by atoms with E-state index < -0.39 is 8.16 Å². The van der Waals surface area contributed by atoms with Crippen LogP contribution in [0.3, 0.4) is 0 Å². The number of hydrogen-bond acceptors (Lipinski definition) is 4. The Morgan fingerprint density at radius 2 is 1.60 bits per heavy atom. The van der Waals surface area contributed by atoms with E-state index in [1.807, 2.05) is 19.0 Å². The fraction of sp³-hybridized carbons (Fsp3) is 0.615. The third-order valence-electron chi connectivity index (χ3n) is 3.14. The molecule has 1 saturated heterocycles. The number of halogens is 6. The average molecular weight is 396 g/mol. The van der Waals surface area contributed by atoms with Crippen LogP contribution in [-0.2, 0) is 0 Å². The zero-order valence-electron chi connectivity index (χ0n) is 13.8. The van der Waals surface area contributed by atoms with Gasteiger partial charge in [-0.15, -0.1) is 4.73 Å². The van der Waals surface area contributed by atoms with E-state index in [4.69, 9.17) is 4.84 Å². The molecule has 1 unspecified atom stereocenters. The van der Waals surface area contributed by atoms with Crippen LogP contribution in [0.4, 0.5) is 21.0 Å². The normalized spacial score (nSPS) is 18.2. The predicted molar refractivity (Wildman–Crippen MR) is 82.6 cm³/mol. The number of pyridine rings is 1. The summed E-state index contributed by atoms with van der Waals surface area (Å²) >= 11 is 0. The summed E-state index contributed by atoms with van der Waals surface area (Å²) in [5.41, 5.74) is -0.138. The van der Waals surface area contributed by atoms with Crippen LogP contribution in [0.2, 0.25) is 0 Å². The largest absolute Gasteiger partial charge is 1.00 e. The monoisotopic (exact) mass is 396 g/mol. The van der Waals surface area contributed by atoms with Crippen molar-refractivity contribution in [1.29, 1.82) is 0 Å². The van der Waals surface area contributed by atoms with E-state index in [2.05, 4.69) is 4.90 Å². The van der Waals surface area contributed by atoms with Gasteiger partial charge in [-0.05, 0) is 33.0 Å². The first-order valence-electron chi connectivity index (χ1n) is 7.28. The molecule has 0 spiro atoms. The number of hydrogen-bond donors (Lipinski definition) is 0. The van der Waals surface area contributed by atoms with Gasteiger partial charge in [0.1, 0.15) is 0 Å². The van der Waals surface area contributed by atoms with Gasteiger partial charge in [0.15, 0.2) is 0 Å². The van der Waals surface area contributed by atoms with Gasteiger partial charge in [0.05, 0.1) is 0 Å². The first-order valence-corrected chi connectivity index (χ1v) is 8.97. The van der Waals surface area contributed by atoms with Crippen LogP contribution in [0, 0.1) is 0 Å². The number of rotatable bonds is 4. The molecule has 12 heteroatoms. The minimum absolute atomic E-state index is 0. The summed E-state index contributed by atoms with van der Waals surface area (Å²) < 4.78 is 50.5. The zero-order chi connectivity index (χ0) is 18.4. The third-order valence-corrected chi connectivity index (χ3v) is 3.14. The van der Waals surface area contributed by atoms with E-state index in [-0.39, 0.29) is 16.6 Å². The molecule has 0 radical (unpaired) electrons. The summed E-state index contributed by atoms with van der Waals surface area (Å²) in [4.78, 5) is 21.7. The minimum atomic E-state index is -8.55. The topological polar surface area (TPSA) is 37.7 Å². The van der Waals surface area contributed by atoms with Crippen LogP contribution in [0.15, 0.2) is 29.2 Å². The van der Waals surface area contributed by atoms with E-state index in [0.29, 0.717) is 0 Å². The molecule has 0 saturated carbocycles. The Kier molecular flexibility index (Phi) is 8.90. The molecule has 148 valence electrons. The van der Waals surface area contributed by atoms with Gasteiger partial charge in [0.25, 0.3) is 5.56 Å². The van der Waals surface area contributed by atoms with Crippen molar-refractivity contribution in [3.05, 3.63) is 34.7 Å². The van der Waals surface area contributed by atoms with Gasteiger partial charge in [0.2, 0.25) is 6.35 Å². The quantitative estimate of drug-likeness (QED) is 0.424. The first kappa shape index (κ1) is 23.7. The molecule has 0 amide bonds. The Balaban J connectivity index is 0.000000715. The third kappa shape index (κ3) is 11.0. The van der Waals surface area contributed by atoms with Gasteiger partial charge in [-0.3, -0.25) is 14.6 Å². The molecule has 1 aromatic rings. The van der Waals surface area contributed by atoms with Crippen molar-refractivity contribution >= 4 is 8.16 Å². The maximum atomic E-state index is 11.7.